The molecule has 0 spiro atoms. The smallest absolute Gasteiger partial charge is 0.138 e. The lowest BCUT2D eigenvalue weighted by Gasteiger charge is -2.11. The lowest BCUT2D eigenvalue weighted by Crippen LogP contribution is -2.05. The maximum absolute atomic E-state index is 6.19. The topological polar surface area (TPSA) is 44.5 Å². The van der Waals surface area contributed by atoms with Crippen LogP contribution in [-0.4, -0.2) is 7.11 Å². The van der Waals surface area contributed by atoms with Crippen molar-refractivity contribution < 1.29 is 9.47 Å². The Hall–Kier alpha value is -1.71. The molecule has 0 aliphatic carbocycles. The van der Waals surface area contributed by atoms with Crippen LogP contribution in [0, 0.1) is 0 Å². The van der Waals surface area contributed by atoms with E-state index >= 15 is 0 Å². The summed E-state index contributed by atoms with van der Waals surface area (Å²) in [5.41, 5.74) is 7.83. The van der Waals surface area contributed by atoms with Gasteiger partial charge >= 0.3 is 0 Å². The monoisotopic (exact) mass is 291 g/mol. The summed E-state index contributed by atoms with van der Waals surface area (Å²) < 4.78 is 10.9. The molecule has 20 heavy (non-hydrogen) atoms. The van der Waals surface area contributed by atoms with Gasteiger partial charge in [0.2, 0.25) is 0 Å². The second kappa shape index (κ2) is 6.64. The zero-order valence-corrected chi connectivity index (χ0v) is 12.4. The molecule has 0 aliphatic rings. The predicted octanol–water partition coefficient (Wildman–Crippen LogP) is 3.95. The lowest BCUT2D eigenvalue weighted by atomic mass is 10.1. The minimum atomic E-state index is -0.0417. The fourth-order valence-corrected chi connectivity index (χ4v) is 2.08. The minimum Gasteiger partial charge on any atom is -0.497 e. The third kappa shape index (κ3) is 3.65. The molecule has 0 bridgehead atoms. The molecule has 4 heteroatoms. The van der Waals surface area contributed by atoms with Gasteiger partial charge in [-0.05, 0) is 42.3 Å². The molecule has 0 unspecified atom stereocenters. The van der Waals surface area contributed by atoms with Gasteiger partial charge in [0, 0.05) is 6.04 Å². The molecule has 3 nitrogen and oxygen atoms in total. The van der Waals surface area contributed by atoms with Gasteiger partial charge in [0.1, 0.15) is 18.1 Å². The molecule has 0 aliphatic heterocycles. The summed E-state index contributed by atoms with van der Waals surface area (Å²) in [5.74, 6) is 1.46. The van der Waals surface area contributed by atoms with Crippen LogP contribution in [0.1, 0.15) is 24.1 Å². The van der Waals surface area contributed by atoms with Crippen molar-refractivity contribution in [1.82, 2.24) is 0 Å². The number of ether oxygens (including phenoxy) is 2. The van der Waals surface area contributed by atoms with E-state index in [1.165, 1.54) is 0 Å². The number of benzene rings is 2. The zero-order valence-electron chi connectivity index (χ0n) is 11.6. The first kappa shape index (κ1) is 14.7. The Morgan fingerprint density at radius 3 is 2.65 bits per heavy atom. The molecular weight excluding hydrogens is 274 g/mol. The van der Waals surface area contributed by atoms with Gasteiger partial charge in [0.15, 0.2) is 0 Å². The number of nitrogens with two attached hydrogens (primary N) is 1. The van der Waals surface area contributed by atoms with Crippen molar-refractivity contribution in [2.24, 2.45) is 5.73 Å². The summed E-state index contributed by atoms with van der Waals surface area (Å²) in [7, 11) is 1.64. The van der Waals surface area contributed by atoms with Crippen LogP contribution in [0.5, 0.6) is 11.5 Å². The van der Waals surface area contributed by atoms with Crippen molar-refractivity contribution in [3.63, 3.8) is 0 Å². The van der Waals surface area contributed by atoms with Gasteiger partial charge in [-0.1, -0.05) is 29.8 Å². The zero-order chi connectivity index (χ0) is 14.5. The summed E-state index contributed by atoms with van der Waals surface area (Å²) in [6.45, 7) is 2.36. The number of rotatable bonds is 5. The molecule has 0 fully saturated rings. The highest BCUT2D eigenvalue weighted by molar-refractivity contribution is 6.32. The third-order valence-electron chi connectivity index (χ3n) is 3.01. The van der Waals surface area contributed by atoms with Gasteiger partial charge in [0.05, 0.1) is 12.1 Å². The lowest BCUT2D eigenvalue weighted by molar-refractivity contribution is 0.305. The second-order valence-electron chi connectivity index (χ2n) is 4.62. The molecule has 2 aromatic carbocycles. The number of methoxy groups -OCH3 is 1. The van der Waals surface area contributed by atoms with E-state index in [0.717, 1.165) is 16.9 Å². The Balaban J connectivity index is 2.07. The molecule has 2 aromatic rings. The van der Waals surface area contributed by atoms with E-state index in [9.17, 15) is 0 Å². The fourth-order valence-electron chi connectivity index (χ4n) is 1.84. The van der Waals surface area contributed by atoms with E-state index in [4.69, 9.17) is 26.8 Å². The second-order valence-corrected chi connectivity index (χ2v) is 5.03. The third-order valence-corrected chi connectivity index (χ3v) is 3.31. The number of hydrogen-bond donors (Lipinski definition) is 1. The molecule has 2 N–H and O–H groups in total. The van der Waals surface area contributed by atoms with Crippen LogP contribution < -0.4 is 15.2 Å². The van der Waals surface area contributed by atoms with Gasteiger partial charge in [0.25, 0.3) is 0 Å². The van der Waals surface area contributed by atoms with Crippen molar-refractivity contribution in [3.05, 3.63) is 58.6 Å². The van der Waals surface area contributed by atoms with Crippen LogP contribution >= 0.6 is 11.6 Å². The SMILES string of the molecule is COc1cccc(COc2ccc([C@@H](C)N)cc2Cl)c1. The summed E-state index contributed by atoms with van der Waals surface area (Å²) in [4.78, 5) is 0. The predicted molar refractivity (Wildman–Crippen MR) is 81.4 cm³/mol. The van der Waals surface area contributed by atoms with E-state index in [2.05, 4.69) is 0 Å². The quantitative estimate of drug-likeness (QED) is 0.907. The van der Waals surface area contributed by atoms with Crippen LogP contribution in [0.3, 0.4) is 0 Å². The van der Waals surface area contributed by atoms with Crippen LogP contribution in [0.2, 0.25) is 5.02 Å². The van der Waals surface area contributed by atoms with E-state index in [-0.39, 0.29) is 6.04 Å². The molecule has 0 amide bonds. The van der Waals surface area contributed by atoms with Crippen molar-refractivity contribution in [3.8, 4) is 11.5 Å². The first-order chi connectivity index (χ1) is 9.60. The first-order valence-corrected chi connectivity index (χ1v) is 6.78. The summed E-state index contributed by atoms with van der Waals surface area (Å²) >= 11 is 6.19. The summed E-state index contributed by atoms with van der Waals surface area (Å²) in [6, 6.07) is 13.3. The van der Waals surface area contributed by atoms with Crippen LogP contribution in [0.15, 0.2) is 42.5 Å². The van der Waals surface area contributed by atoms with E-state index in [1.807, 2.05) is 49.4 Å². The molecule has 0 radical (unpaired) electrons. The highest BCUT2D eigenvalue weighted by Gasteiger charge is 2.06. The van der Waals surface area contributed by atoms with Gasteiger partial charge in [-0.2, -0.15) is 0 Å². The van der Waals surface area contributed by atoms with E-state index in [1.54, 1.807) is 7.11 Å². The molecule has 0 saturated carbocycles. The highest BCUT2D eigenvalue weighted by Crippen LogP contribution is 2.28. The van der Waals surface area contributed by atoms with Crippen LogP contribution in [0.25, 0.3) is 0 Å². The Morgan fingerprint density at radius 1 is 1.20 bits per heavy atom. The van der Waals surface area contributed by atoms with E-state index in [0.29, 0.717) is 17.4 Å². The van der Waals surface area contributed by atoms with Gasteiger partial charge < -0.3 is 15.2 Å². The molecular formula is C16H18ClNO2. The molecule has 0 aromatic heterocycles. The van der Waals surface area contributed by atoms with Crippen LogP contribution in [0.4, 0.5) is 0 Å². The average Bonchev–Trinajstić information content (AvgIpc) is 2.46. The normalized spacial score (nSPS) is 12.0. The number of hydrogen-bond acceptors (Lipinski definition) is 3. The molecule has 106 valence electrons. The maximum Gasteiger partial charge on any atom is 0.138 e. The standard InChI is InChI=1S/C16H18ClNO2/c1-11(18)13-6-7-16(15(17)9-13)20-10-12-4-3-5-14(8-12)19-2/h3-9,11H,10,18H2,1-2H3/t11-/m1/s1. The Bertz CT molecular complexity index is 584. The van der Waals surface area contributed by atoms with Crippen molar-refractivity contribution in [2.75, 3.05) is 7.11 Å². The Labute approximate surface area is 124 Å². The van der Waals surface area contributed by atoms with Gasteiger partial charge in [-0.3, -0.25) is 0 Å². The maximum atomic E-state index is 6.19. The van der Waals surface area contributed by atoms with Crippen molar-refractivity contribution in [1.29, 1.82) is 0 Å². The largest absolute Gasteiger partial charge is 0.497 e. The van der Waals surface area contributed by atoms with E-state index < -0.39 is 0 Å². The summed E-state index contributed by atoms with van der Waals surface area (Å²) in [6.07, 6.45) is 0. The first-order valence-electron chi connectivity index (χ1n) is 6.41. The molecule has 0 saturated heterocycles. The van der Waals surface area contributed by atoms with Crippen molar-refractivity contribution >= 4 is 11.6 Å². The number of halogens is 1. The van der Waals surface area contributed by atoms with Crippen molar-refractivity contribution in [2.45, 2.75) is 19.6 Å². The Morgan fingerprint density at radius 2 is 2.00 bits per heavy atom. The Kier molecular flexibility index (Phi) is 4.88. The van der Waals surface area contributed by atoms with Crippen LogP contribution in [-0.2, 0) is 6.61 Å². The molecule has 1 atom stereocenters. The highest BCUT2D eigenvalue weighted by atomic mass is 35.5. The minimum absolute atomic E-state index is 0.0417. The summed E-state index contributed by atoms with van der Waals surface area (Å²) in [5, 5.41) is 0.572. The molecule has 0 heterocycles. The fraction of sp³-hybridized carbons (Fsp3) is 0.250. The van der Waals surface area contributed by atoms with Gasteiger partial charge in [-0.15, -0.1) is 0 Å². The average molecular weight is 292 g/mol. The van der Waals surface area contributed by atoms with Gasteiger partial charge in [-0.25, -0.2) is 0 Å². The molecule has 2 rings (SSSR count).